The number of hydrogen-bond donors (Lipinski definition) is 1. The van der Waals surface area contributed by atoms with Crippen molar-refractivity contribution in [2.24, 2.45) is 5.41 Å². The standard InChI is InChI=1S/C14H25N3O/c1-12(2)17-8-4-13(16-17)10-14(5-6-14)11-15-7-9-18-3/h4,8,12,15H,5-7,9-11H2,1-3H3. The first-order valence-electron chi connectivity index (χ1n) is 6.89. The summed E-state index contributed by atoms with van der Waals surface area (Å²) in [5, 5.41) is 8.12. The summed E-state index contributed by atoms with van der Waals surface area (Å²) in [6, 6.07) is 2.61. The monoisotopic (exact) mass is 251 g/mol. The Balaban J connectivity index is 1.80. The molecule has 2 rings (SSSR count). The molecule has 1 fully saturated rings. The molecule has 0 bridgehead atoms. The molecule has 0 aromatic carbocycles. The van der Waals surface area contributed by atoms with Crippen LogP contribution in [0.1, 0.15) is 38.4 Å². The van der Waals surface area contributed by atoms with Gasteiger partial charge in [-0.3, -0.25) is 4.68 Å². The second kappa shape index (κ2) is 5.85. The lowest BCUT2D eigenvalue weighted by atomic mass is 10.0. The van der Waals surface area contributed by atoms with Crippen LogP contribution < -0.4 is 5.32 Å². The Kier molecular flexibility index (Phi) is 4.40. The average molecular weight is 251 g/mol. The lowest BCUT2D eigenvalue weighted by Crippen LogP contribution is -2.28. The minimum absolute atomic E-state index is 0.453. The van der Waals surface area contributed by atoms with Crippen LogP contribution >= 0.6 is 0 Å². The molecule has 0 aliphatic heterocycles. The molecule has 1 aromatic rings. The van der Waals surface area contributed by atoms with E-state index in [1.54, 1.807) is 7.11 Å². The predicted octanol–water partition coefficient (Wildman–Crippen LogP) is 2.02. The molecule has 0 radical (unpaired) electrons. The van der Waals surface area contributed by atoms with Crippen molar-refractivity contribution in [3.8, 4) is 0 Å². The zero-order valence-corrected chi connectivity index (χ0v) is 11.8. The van der Waals surface area contributed by atoms with Crippen molar-refractivity contribution in [1.82, 2.24) is 15.1 Å². The Morgan fingerprint density at radius 1 is 1.50 bits per heavy atom. The third kappa shape index (κ3) is 3.56. The summed E-state index contributed by atoms with van der Waals surface area (Å²) in [4.78, 5) is 0. The van der Waals surface area contributed by atoms with Crippen LogP contribution in [0.25, 0.3) is 0 Å². The van der Waals surface area contributed by atoms with Gasteiger partial charge in [0.2, 0.25) is 0 Å². The second-order valence-corrected chi connectivity index (χ2v) is 5.73. The third-order valence-corrected chi connectivity index (χ3v) is 3.69. The molecule has 18 heavy (non-hydrogen) atoms. The normalized spacial score (nSPS) is 17.3. The quantitative estimate of drug-likeness (QED) is 0.719. The third-order valence-electron chi connectivity index (χ3n) is 3.69. The van der Waals surface area contributed by atoms with E-state index in [-0.39, 0.29) is 0 Å². The predicted molar refractivity (Wildman–Crippen MR) is 72.7 cm³/mol. The van der Waals surface area contributed by atoms with Crippen LogP contribution in [-0.4, -0.2) is 36.6 Å². The number of methoxy groups -OCH3 is 1. The van der Waals surface area contributed by atoms with Gasteiger partial charge in [-0.1, -0.05) is 0 Å². The van der Waals surface area contributed by atoms with Crippen LogP contribution in [-0.2, 0) is 11.2 Å². The molecular weight excluding hydrogens is 226 g/mol. The number of nitrogens with zero attached hydrogens (tertiary/aromatic N) is 2. The van der Waals surface area contributed by atoms with E-state index < -0.39 is 0 Å². The van der Waals surface area contributed by atoms with E-state index in [1.807, 2.05) is 4.68 Å². The summed E-state index contributed by atoms with van der Waals surface area (Å²) in [5.41, 5.74) is 1.69. The molecule has 0 atom stereocenters. The molecule has 1 aliphatic carbocycles. The fourth-order valence-electron chi connectivity index (χ4n) is 2.26. The smallest absolute Gasteiger partial charge is 0.0630 e. The van der Waals surface area contributed by atoms with Crippen molar-refractivity contribution in [2.45, 2.75) is 39.2 Å². The molecule has 1 aromatic heterocycles. The van der Waals surface area contributed by atoms with E-state index in [9.17, 15) is 0 Å². The topological polar surface area (TPSA) is 39.1 Å². The van der Waals surface area contributed by atoms with E-state index in [1.165, 1.54) is 18.5 Å². The van der Waals surface area contributed by atoms with Gasteiger partial charge < -0.3 is 10.1 Å². The van der Waals surface area contributed by atoms with Gasteiger partial charge in [-0.15, -0.1) is 0 Å². The van der Waals surface area contributed by atoms with Gasteiger partial charge in [0.25, 0.3) is 0 Å². The molecule has 102 valence electrons. The highest BCUT2D eigenvalue weighted by atomic mass is 16.5. The maximum atomic E-state index is 5.05. The first-order chi connectivity index (χ1) is 8.65. The number of hydrogen-bond acceptors (Lipinski definition) is 3. The van der Waals surface area contributed by atoms with Gasteiger partial charge in [-0.2, -0.15) is 5.10 Å². The molecule has 0 amide bonds. The molecule has 1 aliphatic rings. The fraction of sp³-hybridized carbons (Fsp3) is 0.786. The zero-order chi connectivity index (χ0) is 13.0. The van der Waals surface area contributed by atoms with Crippen LogP contribution in [0.3, 0.4) is 0 Å². The van der Waals surface area contributed by atoms with Crippen molar-refractivity contribution >= 4 is 0 Å². The number of nitrogens with one attached hydrogen (secondary N) is 1. The molecule has 0 unspecified atom stereocenters. The van der Waals surface area contributed by atoms with Gasteiger partial charge in [0.05, 0.1) is 12.3 Å². The van der Waals surface area contributed by atoms with Crippen molar-refractivity contribution in [2.75, 3.05) is 26.8 Å². The number of aromatic nitrogens is 2. The highest BCUT2D eigenvalue weighted by Gasteiger charge is 2.42. The zero-order valence-electron chi connectivity index (χ0n) is 11.8. The molecular formula is C14H25N3O. The summed E-state index contributed by atoms with van der Waals surface area (Å²) in [6.45, 7) is 7.15. The van der Waals surface area contributed by atoms with Gasteiger partial charge >= 0.3 is 0 Å². The second-order valence-electron chi connectivity index (χ2n) is 5.73. The summed E-state index contributed by atoms with van der Waals surface area (Å²) >= 11 is 0. The lowest BCUT2D eigenvalue weighted by molar-refractivity contribution is 0.197. The fourth-order valence-corrected chi connectivity index (χ4v) is 2.26. The van der Waals surface area contributed by atoms with Crippen LogP contribution in [0.15, 0.2) is 12.3 Å². The Morgan fingerprint density at radius 3 is 2.83 bits per heavy atom. The number of ether oxygens (including phenoxy) is 1. The van der Waals surface area contributed by atoms with Crippen molar-refractivity contribution < 1.29 is 4.74 Å². The van der Waals surface area contributed by atoms with Crippen LogP contribution in [0, 0.1) is 5.41 Å². The maximum absolute atomic E-state index is 5.05. The first-order valence-corrected chi connectivity index (χ1v) is 6.89. The minimum Gasteiger partial charge on any atom is -0.383 e. The molecule has 0 spiro atoms. The van der Waals surface area contributed by atoms with E-state index in [0.29, 0.717) is 11.5 Å². The molecule has 1 saturated carbocycles. The summed E-state index contributed by atoms with van der Waals surface area (Å²) < 4.78 is 7.09. The largest absolute Gasteiger partial charge is 0.383 e. The molecule has 4 nitrogen and oxygen atoms in total. The van der Waals surface area contributed by atoms with Gasteiger partial charge in [0.15, 0.2) is 0 Å². The average Bonchev–Trinajstić information content (AvgIpc) is 2.92. The number of rotatable bonds is 8. The lowest BCUT2D eigenvalue weighted by Gasteiger charge is -2.14. The van der Waals surface area contributed by atoms with Gasteiger partial charge in [0.1, 0.15) is 0 Å². The Morgan fingerprint density at radius 2 is 2.28 bits per heavy atom. The Bertz CT molecular complexity index is 369. The van der Waals surface area contributed by atoms with E-state index >= 15 is 0 Å². The van der Waals surface area contributed by atoms with Crippen molar-refractivity contribution in [1.29, 1.82) is 0 Å². The highest BCUT2D eigenvalue weighted by molar-refractivity contribution is 5.09. The van der Waals surface area contributed by atoms with Crippen LogP contribution in [0.4, 0.5) is 0 Å². The Labute approximate surface area is 110 Å². The van der Waals surface area contributed by atoms with Crippen molar-refractivity contribution in [3.05, 3.63) is 18.0 Å². The molecule has 0 saturated heterocycles. The highest BCUT2D eigenvalue weighted by Crippen LogP contribution is 2.47. The van der Waals surface area contributed by atoms with Gasteiger partial charge in [0, 0.05) is 32.4 Å². The molecule has 4 heteroatoms. The summed E-state index contributed by atoms with van der Waals surface area (Å²) in [5.74, 6) is 0. The van der Waals surface area contributed by atoms with E-state index in [2.05, 4.69) is 36.5 Å². The van der Waals surface area contributed by atoms with Crippen molar-refractivity contribution in [3.63, 3.8) is 0 Å². The molecule has 1 heterocycles. The summed E-state index contributed by atoms with van der Waals surface area (Å²) in [7, 11) is 1.74. The first kappa shape index (κ1) is 13.6. The van der Waals surface area contributed by atoms with Crippen LogP contribution in [0.5, 0.6) is 0 Å². The SMILES string of the molecule is COCCNCC1(Cc2ccn(C(C)C)n2)CC1. The van der Waals surface area contributed by atoms with Crippen LogP contribution in [0.2, 0.25) is 0 Å². The van der Waals surface area contributed by atoms with E-state index in [4.69, 9.17) is 4.74 Å². The van der Waals surface area contributed by atoms with Gasteiger partial charge in [-0.25, -0.2) is 0 Å². The van der Waals surface area contributed by atoms with E-state index in [0.717, 1.165) is 26.1 Å². The maximum Gasteiger partial charge on any atom is 0.0630 e. The minimum atomic E-state index is 0.453. The summed E-state index contributed by atoms with van der Waals surface area (Å²) in [6.07, 6.45) is 5.84. The Hall–Kier alpha value is -0.870. The molecule has 1 N–H and O–H groups in total. The van der Waals surface area contributed by atoms with Gasteiger partial charge in [-0.05, 0) is 44.6 Å².